The summed E-state index contributed by atoms with van der Waals surface area (Å²) in [5.41, 5.74) is 3.58. The fourth-order valence-electron chi connectivity index (χ4n) is 2.36. The Labute approximate surface area is 126 Å². The van der Waals surface area contributed by atoms with Crippen LogP contribution in [0, 0.1) is 0 Å². The van der Waals surface area contributed by atoms with Gasteiger partial charge in [-0.15, -0.1) is 0 Å². The van der Waals surface area contributed by atoms with Gasteiger partial charge in [0, 0.05) is 13.1 Å². The van der Waals surface area contributed by atoms with Crippen LogP contribution in [-0.4, -0.2) is 19.0 Å². The van der Waals surface area contributed by atoms with Gasteiger partial charge in [0.05, 0.1) is 6.04 Å². The quantitative estimate of drug-likeness (QED) is 0.884. The predicted molar refractivity (Wildman–Crippen MR) is 87.0 cm³/mol. The highest BCUT2D eigenvalue weighted by atomic mass is 16.2. The van der Waals surface area contributed by atoms with E-state index in [1.807, 2.05) is 25.1 Å². The summed E-state index contributed by atoms with van der Waals surface area (Å²) in [5, 5.41) is 5.94. The highest BCUT2D eigenvalue weighted by molar-refractivity contribution is 5.81. The summed E-state index contributed by atoms with van der Waals surface area (Å²) in [4.78, 5) is 11.5. The number of hydrogen-bond acceptors (Lipinski definition) is 2. The monoisotopic (exact) mass is 282 g/mol. The maximum atomic E-state index is 11.5. The molecule has 2 N–H and O–H groups in total. The third-order valence-electron chi connectivity index (χ3n) is 3.66. The number of hydrogen-bond donors (Lipinski definition) is 2. The molecule has 0 spiro atoms. The van der Waals surface area contributed by atoms with Crippen LogP contribution >= 0.6 is 0 Å². The molecule has 110 valence electrons. The van der Waals surface area contributed by atoms with Crippen molar-refractivity contribution >= 4 is 5.91 Å². The second kappa shape index (κ2) is 7.04. The molecule has 2 atom stereocenters. The van der Waals surface area contributed by atoms with E-state index in [2.05, 4.69) is 54.0 Å². The number of rotatable bonds is 5. The molecule has 2 aromatic carbocycles. The smallest absolute Gasteiger partial charge is 0.236 e. The molecule has 1 amide bonds. The van der Waals surface area contributed by atoms with Gasteiger partial charge in [0.1, 0.15) is 0 Å². The summed E-state index contributed by atoms with van der Waals surface area (Å²) in [6, 6.07) is 18.7. The maximum absolute atomic E-state index is 11.5. The van der Waals surface area contributed by atoms with Crippen molar-refractivity contribution in [1.29, 1.82) is 0 Å². The SMILES string of the molecule is CNC(=O)C(C)NC(C)c1ccc(-c2ccccc2)cc1. The zero-order valence-corrected chi connectivity index (χ0v) is 12.8. The number of carbonyl (C=O) groups excluding carboxylic acids is 1. The first kappa shape index (κ1) is 15.3. The summed E-state index contributed by atoms with van der Waals surface area (Å²) in [6.45, 7) is 3.94. The average molecular weight is 282 g/mol. The van der Waals surface area contributed by atoms with E-state index in [0.717, 1.165) is 0 Å². The minimum absolute atomic E-state index is 0.00255. The van der Waals surface area contributed by atoms with Gasteiger partial charge >= 0.3 is 0 Å². The fourth-order valence-corrected chi connectivity index (χ4v) is 2.36. The molecule has 0 bridgehead atoms. The molecular formula is C18H22N2O. The molecule has 3 heteroatoms. The lowest BCUT2D eigenvalue weighted by Crippen LogP contribution is -2.41. The minimum Gasteiger partial charge on any atom is -0.358 e. The van der Waals surface area contributed by atoms with Gasteiger partial charge in [-0.05, 0) is 30.5 Å². The molecule has 0 heterocycles. The molecular weight excluding hydrogens is 260 g/mol. The molecule has 0 aliphatic heterocycles. The van der Waals surface area contributed by atoms with Gasteiger partial charge in [-0.1, -0.05) is 54.6 Å². The lowest BCUT2D eigenvalue weighted by atomic mass is 10.0. The molecule has 0 aliphatic rings. The number of benzene rings is 2. The standard InChI is InChI=1S/C18H22N2O/c1-13(20-14(2)18(21)19-3)15-9-11-17(12-10-15)16-7-5-4-6-8-16/h4-14,20H,1-3H3,(H,19,21). The number of nitrogens with one attached hydrogen (secondary N) is 2. The molecule has 0 fully saturated rings. The van der Waals surface area contributed by atoms with Crippen molar-refractivity contribution in [2.24, 2.45) is 0 Å². The molecule has 0 radical (unpaired) electrons. The van der Waals surface area contributed by atoms with Gasteiger partial charge < -0.3 is 5.32 Å². The topological polar surface area (TPSA) is 41.1 Å². The maximum Gasteiger partial charge on any atom is 0.236 e. The van der Waals surface area contributed by atoms with Crippen LogP contribution in [0.3, 0.4) is 0 Å². The minimum atomic E-state index is -0.209. The Kier molecular flexibility index (Phi) is 5.12. The van der Waals surface area contributed by atoms with Crippen LogP contribution in [0.15, 0.2) is 54.6 Å². The molecule has 0 saturated carbocycles. The van der Waals surface area contributed by atoms with Crippen LogP contribution in [-0.2, 0) is 4.79 Å². The van der Waals surface area contributed by atoms with E-state index >= 15 is 0 Å². The van der Waals surface area contributed by atoms with Crippen LogP contribution in [0.5, 0.6) is 0 Å². The van der Waals surface area contributed by atoms with Crippen molar-refractivity contribution in [3.05, 3.63) is 60.2 Å². The Morgan fingerprint density at radius 1 is 0.905 bits per heavy atom. The number of likely N-dealkylation sites (N-methyl/N-ethyl adjacent to an activating group) is 1. The van der Waals surface area contributed by atoms with Crippen LogP contribution in [0.25, 0.3) is 11.1 Å². The Morgan fingerprint density at radius 2 is 1.48 bits per heavy atom. The van der Waals surface area contributed by atoms with Gasteiger partial charge in [0.2, 0.25) is 5.91 Å². The number of amides is 1. The molecule has 3 nitrogen and oxygen atoms in total. The van der Waals surface area contributed by atoms with Gasteiger partial charge in [0.25, 0.3) is 0 Å². The summed E-state index contributed by atoms with van der Waals surface area (Å²) >= 11 is 0. The van der Waals surface area contributed by atoms with Gasteiger partial charge in [-0.25, -0.2) is 0 Å². The van der Waals surface area contributed by atoms with Crippen molar-refractivity contribution in [1.82, 2.24) is 10.6 Å². The van der Waals surface area contributed by atoms with Gasteiger partial charge in [-0.2, -0.15) is 0 Å². The van der Waals surface area contributed by atoms with E-state index in [1.54, 1.807) is 7.05 Å². The highest BCUT2D eigenvalue weighted by Crippen LogP contribution is 2.21. The summed E-state index contributed by atoms with van der Waals surface area (Å²) < 4.78 is 0. The first-order valence-electron chi connectivity index (χ1n) is 7.25. The predicted octanol–water partition coefficient (Wildman–Crippen LogP) is 3.14. The average Bonchev–Trinajstić information content (AvgIpc) is 2.55. The van der Waals surface area contributed by atoms with E-state index in [0.29, 0.717) is 0 Å². The van der Waals surface area contributed by atoms with E-state index in [-0.39, 0.29) is 18.0 Å². The molecule has 0 saturated heterocycles. The van der Waals surface area contributed by atoms with Crippen LogP contribution in [0.2, 0.25) is 0 Å². The zero-order chi connectivity index (χ0) is 15.2. The van der Waals surface area contributed by atoms with Crippen molar-refractivity contribution in [2.75, 3.05) is 7.05 Å². The van der Waals surface area contributed by atoms with Crippen LogP contribution in [0.1, 0.15) is 25.5 Å². The van der Waals surface area contributed by atoms with Crippen molar-refractivity contribution in [2.45, 2.75) is 25.9 Å². The second-order valence-corrected chi connectivity index (χ2v) is 5.21. The van der Waals surface area contributed by atoms with Crippen LogP contribution < -0.4 is 10.6 Å². The molecule has 2 rings (SSSR count). The second-order valence-electron chi connectivity index (χ2n) is 5.21. The normalized spacial score (nSPS) is 13.5. The third-order valence-corrected chi connectivity index (χ3v) is 3.66. The van der Waals surface area contributed by atoms with Crippen LogP contribution in [0.4, 0.5) is 0 Å². The van der Waals surface area contributed by atoms with Gasteiger partial charge in [-0.3, -0.25) is 10.1 Å². The largest absolute Gasteiger partial charge is 0.358 e. The molecule has 0 aliphatic carbocycles. The number of carbonyl (C=O) groups is 1. The fraction of sp³-hybridized carbons (Fsp3) is 0.278. The first-order valence-corrected chi connectivity index (χ1v) is 7.25. The molecule has 2 unspecified atom stereocenters. The third kappa shape index (κ3) is 3.92. The Balaban J connectivity index is 2.07. The molecule has 21 heavy (non-hydrogen) atoms. The first-order chi connectivity index (χ1) is 10.1. The lowest BCUT2D eigenvalue weighted by molar-refractivity contribution is -0.122. The van der Waals surface area contributed by atoms with E-state index in [9.17, 15) is 4.79 Å². The van der Waals surface area contributed by atoms with E-state index < -0.39 is 0 Å². The summed E-state index contributed by atoms with van der Waals surface area (Å²) in [7, 11) is 1.65. The lowest BCUT2D eigenvalue weighted by Gasteiger charge is -2.19. The Hall–Kier alpha value is -2.13. The summed E-state index contributed by atoms with van der Waals surface area (Å²) in [6.07, 6.45) is 0. The van der Waals surface area contributed by atoms with Crippen molar-refractivity contribution < 1.29 is 4.79 Å². The summed E-state index contributed by atoms with van der Waals surface area (Å²) in [5.74, 6) is 0.00255. The van der Waals surface area contributed by atoms with Gasteiger partial charge in [0.15, 0.2) is 0 Å². The Morgan fingerprint density at radius 3 is 2.05 bits per heavy atom. The highest BCUT2D eigenvalue weighted by Gasteiger charge is 2.14. The zero-order valence-electron chi connectivity index (χ0n) is 12.8. The van der Waals surface area contributed by atoms with E-state index in [4.69, 9.17) is 0 Å². The molecule has 2 aromatic rings. The van der Waals surface area contributed by atoms with Crippen molar-refractivity contribution in [3.8, 4) is 11.1 Å². The molecule has 0 aromatic heterocycles. The Bertz CT molecular complexity index is 578. The van der Waals surface area contributed by atoms with Crippen molar-refractivity contribution in [3.63, 3.8) is 0 Å². The van der Waals surface area contributed by atoms with E-state index in [1.165, 1.54) is 16.7 Å².